The summed E-state index contributed by atoms with van der Waals surface area (Å²) >= 11 is 0. The largest absolute Gasteiger partial charge is 0.462 e. The van der Waals surface area contributed by atoms with Gasteiger partial charge in [-0.05, 0) is 44.0 Å². The van der Waals surface area contributed by atoms with Crippen molar-refractivity contribution in [3.63, 3.8) is 0 Å². The van der Waals surface area contributed by atoms with Gasteiger partial charge in [0, 0.05) is 11.7 Å². The maximum Gasteiger partial charge on any atom is 0.338 e. The summed E-state index contributed by atoms with van der Waals surface area (Å²) in [5.41, 5.74) is 1.62. The van der Waals surface area contributed by atoms with Crippen molar-refractivity contribution in [2.45, 2.75) is 33.7 Å². The number of ether oxygens (including phenoxy) is 1. The van der Waals surface area contributed by atoms with Crippen LogP contribution in [0, 0.1) is 5.92 Å². The second kappa shape index (κ2) is 6.28. The second-order valence-electron chi connectivity index (χ2n) is 4.47. The number of hydrogen-bond donors (Lipinski definition) is 1. The Labute approximate surface area is 103 Å². The molecule has 0 aliphatic heterocycles. The molecule has 0 aliphatic rings. The molecule has 94 valence electrons. The van der Waals surface area contributed by atoms with Crippen LogP contribution in [0.2, 0.25) is 0 Å². The molecule has 1 N–H and O–H groups in total. The number of carbonyl (C=O) groups is 1. The predicted octanol–water partition coefficient (Wildman–Crippen LogP) is 3.32. The van der Waals surface area contributed by atoms with Crippen molar-refractivity contribution in [3.05, 3.63) is 29.8 Å². The number of benzene rings is 1. The van der Waals surface area contributed by atoms with E-state index in [0.29, 0.717) is 24.1 Å². The van der Waals surface area contributed by atoms with Crippen LogP contribution in [-0.2, 0) is 4.74 Å². The SMILES string of the molecule is CCOC(=O)c1ccc(NC(C)C(C)C)cc1. The highest BCUT2D eigenvalue weighted by Gasteiger charge is 2.08. The molecule has 0 saturated carbocycles. The predicted molar refractivity (Wildman–Crippen MR) is 70.3 cm³/mol. The third-order valence-electron chi connectivity index (χ3n) is 2.79. The minimum atomic E-state index is -0.268. The summed E-state index contributed by atoms with van der Waals surface area (Å²) in [7, 11) is 0. The van der Waals surface area contributed by atoms with Gasteiger partial charge < -0.3 is 10.1 Å². The topological polar surface area (TPSA) is 38.3 Å². The van der Waals surface area contributed by atoms with E-state index in [2.05, 4.69) is 26.1 Å². The van der Waals surface area contributed by atoms with Gasteiger partial charge in [0.15, 0.2) is 0 Å². The summed E-state index contributed by atoms with van der Waals surface area (Å²) in [5, 5.41) is 3.39. The zero-order valence-electron chi connectivity index (χ0n) is 11.0. The molecule has 0 amide bonds. The monoisotopic (exact) mass is 235 g/mol. The van der Waals surface area contributed by atoms with Crippen LogP contribution in [0.5, 0.6) is 0 Å². The van der Waals surface area contributed by atoms with Crippen molar-refractivity contribution in [2.75, 3.05) is 11.9 Å². The van der Waals surface area contributed by atoms with E-state index in [1.165, 1.54) is 0 Å². The average Bonchev–Trinajstić information content (AvgIpc) is 2.30. The van der Waals surface area contributed by atoms with E-state index in [0.717, 1.165) is 5.69 Å². The molecule has 0 aromatic heterocycles. The van der Waals surface area contributed by atoms with Gasteiger partial charge in [0.05, 0.1) is 12.2 Å². The number of nitrogens with one attached hydrogen (secondary N) is 1. The van der Waals surface area contributed by atoms with Crippen molar-refractivity contribution < 1.29 is 9.53 Å². The third kappa shape index (κ3) is 4.10. The van der Waals surface area contributed by atoms with E-state index in [1.54, 1.807) is 19.1 Å². The highest BCUT2D eigenvalue weighted by atomic mass is 16.5. The van der Waals surface area contributed by atoms with Crippen LogP contribution in [0.4, 0.5) is 5.69 Å². The molecule has 3 nitrogen and oxygen atoms in total. The molecule has 0 heterocycles. The smallest absolute Gasteiger partial charge is 0.338 e. The van der Waals surface area contributed by atoms with Gasteiger partial charge in [0.1, 0.15) is 0 Å². The van der Waals surface area contributed by atoms with E-state index < -0.39 is 0 Å². The Hall–Kier alpha value is -1.51. The van der Waals surface area contributed by atoms with Crippen LogP contribution >= 0.6 is 0 Å². The summed E-state index contributed by atoms with van der Waals surface area (Å²) in [5.74, 6) is 0.302. The Morgan fingerprint density at radius 3 is 2.29 bits per heavy atom. The Morgan fingerprint density at radius 2 is 1.82 bits per heavy atom. The first-order valence-corrected chi connectivity index (χ1v) is 6.08. The van der Waals surface area contributed by atoms with E-state index >= 15 is 0 Å². The molecule has 0 spiro atoms. The van der Waals surface area contributed by atoms with Gasteiger partial charge in [-0.25, -0.2) is 4.79 Å². The van der Waals surface area contributed by atoms with Gasteiger partial charge in [0.2, 0.25) is 0 Å². The molecule has 0 radical (unpaired) electrons. The standard InChI is InChI=1S/C14H21NO2/c1-5-17-14(16)12-6-8-13(9-7-12)15-11(4)10(2)3/h6-11,15H,5H2,1-4H3. The molecule has 17 heavy (non-hydrogen) atoms. The van der Waals surface area contributed by atoms with E-state index in [9.17, 15) is 4.79 Å². The fourth-order valence-corrected chi connectivity index (χ4v) is 1.35. The summed E-state index contributed by atoms with van der Waals surface area (Å²) in [6.45, 7) is 8.70. The van der Waals surface area contributed by atoms with Crippen LogP contribution < -0.4 is 5.32 Å². The molecule has 0 fully saturated rings. The fourth-order valence-electron chi connectivity index (χ4n) is 1.35. The van der Waals surface area contributed by atoms with Crippen molar-refractivity contribution in [1.82, 2.24) is 0 Å². The Bertz CT molecular complexity index is 357. The van der Waals surface area contributed by atoms with Crippen LogP contribution in [0.3, 0.4) is 0 Å². The van der Waals surface area contributed by atoms with Crippen LogP contribution in [0.15, 0.2) is 24.3 Å². The van der Waals surface area contributed by atoms with Crippen LogP contribution in [0.25, 0.3) is 0 Å². The van der Waals surface area contributed by atoms with Crippen LogP contribution in [-0.4, -0.2) is 18.6 Å². The summed E-state index contributed by atoms with van der Waals surface area (Å²) < 4.78 is 4.93. The lowest BCUT2D eigenvalue weighted by Gasteiger charge is -2.18. The van der Waals surface area contributed by atoms with E-state index in [-0.39, 0.29) is 5.97 Å². The van der Waals surface area contributed by atoms with Gasteiger partial charge in [-0.3, -0.25) is 0 Å². The Kier molecular flexibility index (Phi) is 5.01. The summed E-state index contributed by atoms with van der Waals surface area (Å²) in [6, 6.07) is 7.79. The molecule has 0 bridgehead atoms. The van der Waals surface area contributed by atoms with Gasteiger partial charge in [-0.1, -0.05) is 13.8 Å². The van der Waals surface area contributed by atoms with Crippen LogP contribution in [0.1, 0.15) is 38.1 Å². The first kappa shape index (κ1) is 13.6. The highest BCUT2D eigenvalue weighted by Crippen LogP contribution is 2.14. The Balaban J connectivity index is 2.65. The summed E-state index contributed by atoms with van der Waals surface area (Å²) in [4.78, 5) is 11.4. The second-order valence-corrected chi connectivity index (χ2v) is 4.47. The molecular weight excluding hydrogens is 214 g/mol. The number of hydrogen-bond acceptors (Lipinski definition) is 3. The van der Waals surface area contributed by atoms with E-state index in [1.807, 2.05) is 12.1 Å². The number of rotatable bonds is 5. The lowest BCUT2D eigenvalue weighted by atomic mass is 10.1. The minimum absolute atomic E-state index is 0.268. The molecule has 1 atom stereocenters. The summed E-state index contributed by atoms with van der Waals surface area (Å²) in [6.07, 6.45) is 0. The Morgan fingerprint density at radius 1 is 1.24 bits per heavy atom. The molecule has 0 aliphatic carbocycles. The molecule has 0 saturated heterocycles. The van der Waals surface area contributed by atoms with Gasteiger partial charge in [-0.15, -0.1) is 0 Å². The van der Waals surface area contributed by atoms with Gasteiger partial charge >= 0.3 is 5.97 Å². The molecule has 3 heteroatoms. The highest BCUT2D eigenvalue weighted by molar-refractivity contribution is 5.89. The molecular formula is C14H21NO2. The fraction of sp³-hybridized carbons (Fsp3) is 0.500. The molecule has 1 aromatic carbocycles. The average molecular weight is 235 g/mol. The lowest BCUT2D eigenvalue weighted by molar-refractivity contribution is 0.0526. The first-order valence-electron chi connectivity index (χ1n) is 6.08. The number of esters is 1. The van der Waals surface area contributed by atoms with Crippen molar-refractivity contribution >= 4 is 11.7 Å². The first-order chi connectivity index (χ1) is 8.04. The molecule has 1 rings (SSSR count). The van der Waals surface area contributed by atoms with Gasteiger partial charge in [0.25, 0.3) is 0 Å². The van der Waals surface area contributed by atoms with Crippen molar-refractivity contribution in [2.24, 2.45) is 5.92 Å². The molecule has 1 unspecified atom stereocenters. The van der Waals surface area contributed by atoms with Crippen molar-refractivity contribution in [3.8, 4) is 0 Å². The molecule has 1 aromatic rings. The minimum Gasteiger partial charge on any atom is -0.462 e. The van der Waals surface area contributed by atoms with Gasteiger partial charge in [-0.2, -0.15) is 0 Å². The normalized spacial score (nSPS) is 12.3. The number of carbonyl (C=O) groups excluding carboxylic acids is 1. The maximum absolute atomic E-state index is 11.4. The van der Waals surface area contributed by atoms with E-state index in [4.69, 9.17) is 4.74 Å². The van der Waals surface area contributed by atoms with Crippen molar-refractivity contribution in [1.29, 1.82) is 0 Å². The zero-order chi connectivity index (χ0) is 12.8. The zero-order valence-corrected chi connectivity index (χ0v) is 11.0. The maximum atomic E-state index is 11.4. The quantitative estimate of drug-likeness (QED) is 0.796. The number of anilines is 1. The lowest BCUT2D eigenvalue weighted by Crippen LogP contribution is -2.21. The third-order valence-corrected chi connectivity index (χ3v) is 2.79.